The molecular weight excluding hydrogens is 310 g/mol. The Hall–Kier alpha value is -2.93. The summed E-state index contributed by atoms with van der Waals surface area (Å²) in [5, 5.41) is 17.3. The molecule has 2 N–H and O–H groups in total. The standard InChI is InChI=1S/C17H17N3O4/c1-10-12-5-3-4-6-14(12)24-17(23)15(10)16(22)18-8-13(21)11-7-19-20(2)9-11/h3-7,9,13,21H,8H2,1-2H3,(H,18,22)/t13-/m0/s1. The minimum Gasteiger partial charge on any atom is -0.422 e. The van der Waals surface area contributed by atoms with Crippen LogP contribution in [0.1, 0.15) is 27.6 Å². The molecule has 0 bridgehead atoms. The molecule has 24 heavy (non-hydrogen) atoms. The molecular formula is C17H17N3O4. The van der Waals surface area contributed by atoms with Crippen LogP contribution in [0.4, 0.5) is 0 Å². The van der Waals surface area contributed by atoms with Gasteiger partial charge in [0.25, 0.3) is 5.91 Å². The summed E-state index contributed by atoms with van der Waals surface area (Å²) >= 11 is 0. The first-order chi connectivity index (χ1) is 11.5. The molecule has 3 rings (SSSR count). The normalized spacial score (nSPS) is 12.3. The number of nitrogens with one attached hydrogen (secondary N) is 1. The Morgan fingerprint density at radius 2 is 2.17 bits per heavy atom. The Bertz CT molecular complexity index is 958. The Balaban J connectivity index is 1.82. The van der Waals surface area contributed by atoms with Gasteiger partial charge in [-0.1, -0.05) is 18.2 Å². The van der Waals surface area contributed by atoms with Gasteiger partial charge in [-0.2, -0.15) is 5.10 Å². The lowest BCUT2D eigenvalue weighted by Crippen LogP contribution is -2.32. The van der Waals surface area contributed by atoms with Crippen LogP contribution in [0.15, 0.2) is 45.9 Å². The Morgan fingerprint density at radius 3 is 2.88 bits per heavy atom. The Labute approximate surface area is 137 Å². The van der Waals surface area contributed by atoms with Gasteiger partial charge in [0, 0.05) is 30.7 Å². The number of aliphatic hydroxyl groups excluding tert-OH is 1. The number of amides is 1. The summed E-state index contributed by atoms with van der Waals surface area (Å²) in [6.07, 6.45) is 2.27. The minimum absolute atomic E-state index is 0.0315. The van der Waals surface area contributed by atoms with Crippen molar-refractivity contribution < 1.29 is 14.3 Å². The highest BCUT2D eigenvalue weighted by molar-refractivity contribution is 5.99. The number of carbonyl (C=O) groups is 1. The molecule has 0 aliphatic rings. The molecule has 0 saturated carbocycles. The quantitative estimate of drug-likeness (QED) is 0.704. The summed E-state index contributed by atoms with van der Waals surface area (Å²) in [6, 6.07) is 7.03. The molecule has 7 nitrogen and oxygen atoms in total. The van der Waals surface area contributed by atoms with Crippen molar-refractivity contribution in [3.05, 3.63) is 63.8 Å². The lowest BCUT2D eigenvalue weighted by atomic mass is 10.1. The number of aryl methyl sites for hydroxylation is 2. The maximum Gasteiger partial charge on any atom is 0.349 e. The van der Waals surface area contributed by atoms with Gasteiger partial charge in [0.05, 0.1) is 12.3 Å². The number of para-hydroxylation sites is 1. The molecule has 2 aromatic heterocycles. The van der Waals surface area contributed by atoms with Crippen LogP contribution in [0.2, 0.25) is 0 Å². The molecule has 0 unspecified atom stereocenters. The molecule has 7 heteroatoms. The number of aromatic nitrogens is 2. The molecule has 3 aromatic rings. The highest BCUT2D eigenvalue weighted by Crippen LogP contribution is 2.19. The van der Waals surface area contributed by atoms with Gasteiger partial charge < -0.3 is 14.8 Å². The van der Waals surface area contributed by atoms with Crippen LogP contribution in [-0.2, 0) is 7.05 Å². The highest BCUT2D eigenvalue weighted by atomic mass is 16.4. The fourth-order valence-electron chi connectivity index (χ4n) is 2.57. The van der Waals surface area contributed by atoms with Crippen molar-refractivity contribution in [1.82, 2.24) is 15.1 Å². The van der Waals surface area contributed by atoms with E-state index in [0.717, 1.165) is 0 Å². The zero-order valence-electron chi connectivity index (χ0n) is 13.3. The number of aliphatic hydroxyl groups is 1. The maximum atomic E-state index is 12.4. The first-order valence-corrected chi connectivity index (χ1v) is 7.44. The average molecular weight is 327 g/mol. The predicted octanol–water partition coefficient (Wildman–Crippen LogP) is 1.30. The SMILES string of the molecule is Cc1c(C(=O)NC[C@H](O)c2cnn(C)c2)c(=O)oc2ccccc12. The maximum absolute atomic E-state index is 12.4. The van der Waals surface area contributed by atoms with Crippen LogP contribution in [0.5, 0.6) is 0 Å². The first kappa shape index (κ1) is 15.9. The van der Waals surface area contributed by atoms with Crippen LogP contribution in [0, 0.1) is 6.92 Å². The van der Waals surface area contributed by atoms with E-state index in [1.54, 1.807) is 43.0 Å². The summed E-state index contributed by atoms with van der Waals surface area (Å²) in [5.74, 6) is -0.574. The predicted molar refractivity (Wildman–Crippen MR) is 87.7 cm³/mol. The van der Waals surface area contributed by atoms with Crippen LogP contribution in [0.3, 0.4) is 0 Å². The van der Waals surface area contributed by atoms with Gasteiger partial charge in [-0.3, -0.25) is 9.48 Å². The van der Waals surface area contributed by atoms with E-state index < -0.39 is 17.6 Å². The number of rotatable bonds is 4. The lowest BCUT2D eigenvalue weighted by Gasteiger charge is -2.11. The Morgan fingerprint density at radius 1 is 1.42 bits per heavy atom. The number of hydrogen-bond acceptors (Lipinski definition) is 5. The molecule has 0 spiro atoms. The van der Waals surface area contributed by atoms with E-state index in [1.165, 1.54) is 6.20 Å². The average Bonchev–Trinajstić information content (AvgIpc) is 2.99. The van der Waals surface area contributed by atoms with Gasteiger partial charge >= 0.3 is 5.63 Å². The zero-order chi connectivity index (χ0) is 17.3. The van der Waals surface area contributed by atoms with Gasteiger partial charge in [0.1, 0.15) is 11.1 Å². The number of hydrogen-bond donors (Lipinski definition) is 2. The summed E-state index contributed by atoms with van der Waals surface area (Å²) in [5.41, 5.74) is 0.828. The zero-order valence-corrected chi connectivity index (χ0v) is 13.3. The topological polar surface area (TPSA) is 97.4 Å². The van der Waals surface area contributed by atoms with Crippen LogP contribution >= 0.6 is 0 Å². The molecule has 1 atom stereocenters. The van der Waals surface area contributed by atoms with Crippen molar-refractivity contribution in [3.63, 3.8) is 0 Å². The second kappa shape index (κ2) is 6.29. The molecule has 0 aliphatic heterocycles. The van der Waals surface area contributed by atoms with Crippen molar-refractivity contribution in [2.75, 3.05) is 6.54 Å². The van der Waals surface area contributed by atoms with Crippen molar-refractivity contribution in [2.24, 2.45) is 7.05 Å². The van der Waals surface area contributed by atoms with E-state index in [0.29, 0.717) is 22.1 Å². The highest BCUT2D eigenvalue weighted by Gasteiger charge is 2.19. The fraction of sp³-hybridized carbons (Fsp3) is 0.235. The lowest BCUT2D eigenvalue weighted by molar-refractivity contribution is 0.0912. The van der Waals surface area contributed by atoms with E-state index in [-0.39, 0.29) is 12.1 Å². The summed E-state index contributed by atoms with van der Waals surface area (Å²) in [7, 11) is 1.73. The second-order valence-corrected chi connectivity index (χ2v) is 5.56. The van der Waals surface area contributed by atoms with Gasteiger partial charge in [-0.15, -0.1) is 0 Å². The molecule has 0 saturated heterocycles. The van der Waals surface area contributed by atoms with Crippen molar-refractivity contribution in [2.45, 2.75) is 13.0 Å². The fourth-order valence-corrected chi connectivity index (χ4v) is 2.57. The number of nitrogens with zero attached hydrogens (tertiary/aromatic N) is 2. The summed E-state index contributed by atoms with van der Waals surface area (Å²) < 4.78 is 6.76. The summed E-state index contributed by atoms with van der Waals surface area (Å²) in [4.78, 5) is 24.5. The molecule has 1 aromatic carbocycles. The Kier molecular flexibility index (Phi) is 4.18. The molecule has 0 aliphatic carbocycles. The second-order valence-electron chi connectivity index (χ2n) is 5.56. The number of fused-ring (bicyclic) bond motifs is 1. The molecule has 124 valence electrons. The third kappa shape index (κ3) is 2.93. The largest absolute Gasteiger partial charge is 0.422 e. The molecule has 2 heterocycles. The third-order valence-corrected chi connectivity index (χ3v) is 3.87. The minimum atomic E-state index is -0.907. The van der Waals surface area contributed by atoms with Crippen molar-refractivity contribution in [3.8, 4) is 0 Å². The van der Waals surface area contributed by atoms with Gasteiger partial charge in [0.2, 0.25) is 0 Å². The molecule has 1 amide bonds. The third-order valence-electron chi connectivity index (χ3n) is 3.87. The van der Waals surface area contributed by atoms with E-state index >= 15 is 0 Å². The van der Waals surface area contributed by atoms with E-state index in [2.05, 4.69) is 10.4 Å². The van der Waals surface area contributed by atoms with E-state index in [1.807, 2.05) is 6.07 Å². The van der Waals surface area contributed by atoms with Gasteiger partial charge in [-0.05, 0) is 18.6 Å². The number of benzene rings is 1. The monoisotopic (exact) mass is 327 g/mol. The smallest absolute Gasteiger partial charge is 0.349 e. The van der Waals surface area contributed by atoms with Crippen LogP contribution in [-0.4, -0.2) is 27.3 Å². The van der Waals surface area contributed by atoms with Gasteiger partial charge in [0.15, 0.2) is 0 Å². The van der Waals surface area contributed by atoms with Gasteiger partial charge in [-0.25, -0.2) is 4.79 Å². The summed E-state index contributed by atoms with van der Waals surface area (Å²) in [6.45, 7) is 1.67. The van der Waals surface area contributed by atoms with E-state index in [4.69, 9.17) is 4.42 Å². The van der Waals surface area contributed by atoms with E-state index in [9.17, 15) is 14.7 Å². The van der Waals surface area contributed by atoms with Crippen molar-refractivity contribution in [1.29, 1.82) is 0 Å². The van der Waals surface area contributed by atoms with Crippen LogP contribution < -0.4 is 10.9 Å². The first-order valence-electron chi connectivity index (χ1n) is 7.44. The van der Waals surface area contributed by atoms with Crippen molar-refractivity contribution >= 4 is 16.9 Å². The molecule has 0 fully saturated rings. The number of carbonyl (C=O) groups excluding carboxylic acids is 1. The molecule has 0 radical (unpaired) electrons. The van der Waals surface area contributed by atoms with Crippen LogP contribution in [0.25, 0.3) is 11.0 Å².